The van der Waals surface area contributed by atoms with Crippen LogP contribution in [0.25, 0.3) is 21.9 Å². The molecule has 1 unspecified atom stereocenters. The summed E-state index contributed by atoms with van der Waals surface area (Å²) in [5.41, 5.74) is 8.67. The van der Waals surface area contributed by atoms with Crippen molar-refractivity contribution in [2.75, 3.05) is 13.2 Å². The minimum absolute atomic E-state index is 0.104. The summed E-state index contributed by atoms with van der Waals surface area (Å²) in [7, 11) is -4.70. The molecule has 0 aliphatic heterocycles. The summed E-state index contributed by atoms with van der Waals surface area (Å²) < 4.78 is 21.5. The average Bonchev–Trinajstić information content (AvgIpc) is 2.85. The number of benzene rings is 3. The summed E-state index contributed by atoms with van der Waals surface area (Å²) in [6.45, 7) is -0.999. The van der Waals surface area contributed by atoms with Crippen molar-refractivity contribution in [3.8, 4) is 0 Å². The van der Waals surface area contributed by atoms with Crippen LogP contribution < -0.4 is 11.2 Å². The standard InChI is InChI=1S/C26H28NO7P/c27-26(16-28,17-33-35(30,31)32)13-12-20-8-10-21-24(15-20)34-23-11-9-19(14-22(23)25(21)29)7-6-18-4-2-1-3-5-18/h1-5,8-11,14-15,28H,6-7,12-13,16-17,27H2,(H2,30,31,32). The Labute approximate surface area is 202 Å². The second kappa shape index (κ2) is 10.4. The van der Waals surface area contributed by atoms with E-state index in [2.05, 4.69) is 16.7 Å². The number of aryl methyl sites for hydroxylation is 3. The maximum absolute atomic E-state index is 13.2. The Hall–Kier alpha value is -2.84. The van der Waals surface area contributed by atoms with Crippen molar-refractivity contribution >= 4 is 29.8 Å². The Morgan fingerprint density at radius 2 is 1.54 bits per heavy atom. The topological polar surface area (TPSA) is 143 Å². The van der Waals surface area contributed by atoms with Gasteiger partial charge in [0, 0.05) is 0 Å². The third kappa shape index (κ3) is 6.44. The molecule has 0 saturated heterocycles. The van der Waals surface area contributed by atoms with Crippen molar-refractivity contribution in [1.82, 2.24) is 0 Å². The molecule has 1 aromatic heterocycles. The van der Waals surface area contributed by atoms with Gasteiger partial charge in [0.25, 0.3) is 0 Å². The molecule has 3 aromatic carbocycles. The molecule has 4 rings (SSSR count). The van der Waals surface area contributed by atoms with Crippen LogP contribution in [0.3, 0.4) is 0 Å². The molecule has 0 bridgehead atoms. The molecule has 5 N–H and O–H groups in total. The van der Waals surface area contributed by atoms with E-state index in [4.69, 9.17) is 19.9 Å². The van der Waals surface area contributed by atoms with Crippen molar-refractivity contribution in [2.24, 2.45) is 5.73 Å². The third-order valence-corrected chi connectivity index (χ3v) is 6.56. The molecule has 0 aliphatic rings. The number of phosphoric ester groups is 1. The minimum Gasteiger partial charge on any atom is -0.456 e. The zero-order valence-electron chi connectivity index (χ0n) is 19.1. The summed E-state index contributed by atoms with van der Waals surface area (Å²) in [4.78, 5) is 31.0. The van der Waals surface area contributed by atoms with Crippen LogP contribution in [0.15, 0.2) is 75.9 Å². The van der Waals surface area contributed by atoms with Crippen molar-refractivity contribution in [2.45, 2.75) is 31.2 Å². The van der Waals surface area contributed by atoms with Crippen LogP contribution in [0.2, 0.25) is 0 Å². The maximum Gasteiger partial charge on any atom is 0.469 e. The fourth-order valence-electron chi connectivity index (χ4n) is 3.99. The highest BCUT2D eigenvalue weighted by Gasteiger charge is 2.28. The highest BCUT2D eigenvalue weighted by molar-refractivity contribution is 7.46. The molecule has 0 aliphatic carbocycles. The molecule has 1 atom stereocenters. The van der Waals surface area contributed by atoms with Crippen LogP contribution in [-0.4, -0.2) is 33.6 Å². The Kier molecular flexibility index (Phi) is 7.52. The largest absolute Gasteiger partial charge is 0.469 e. The second-order valence-corrected chi connectivity index (χ2v) is 10.1. The lowest BCUT2D eigenvalue weighted by Crippen LogP contribution is -2.48. The first-order chi connectivity index (χ1) is 16.7. The summed E-state index contributed by atoms with van der Waals surface area (Å²) in [6, 6.07) is 21.1. The van der Waals surface area contributed by atoms with E-state index >= 15 is 0 Å². The molecule has 0 spiro atoms. The number of aliphatic hydroxyl groups is 1. The van der Waals surface area contributed by atoms with E-state index in [0.717, 1.165) is 24.0 Å². The van der Waals surface area contributed by atoms with Crippen LogP contribution in [0.5, 0.6) is 0 Å². The number of phosphoric acid groups is 1. The zero-order valence-corrected chi connectivity index (χ0v) is 20.0. The number of hydrogen-bond donors (Lipinski definition) is 4. The van der Waals surface area contributed by atoms with E-state index in [-0.39, 0.29) is 11.8 Å². The van der Waals surface area contributed by atoms with E-state index < -0.39 is 26.6 Å². The van der Waals surface area contributed by atoms with Crippen molar-refractivity contribution in [3.63, 3.8) is 0 Å². The van der Waals surface area contributed by atoms with E-state index in [9.17, 15) is 14.5 Å². The van der Waals surface area contributed by atoms with E-state index in [1.165, 1.54) is 5.56 Å². The normalized spacial score (nSPS) is 13.8. The van der Waals surface area contributed by atoms with Gasteiger partial charge in [-0.15, -0.1) is 0 Å². The van der Waals surface area contributed by atoms with Gasteiger partial charge < -0.3 is 25.0 Å². The van der Waals surface area contributed by atoms with E-state index in [1.54, 1.807) is 18.2 Å². The molecule has 0 saturated carbocycles. The predicted molar refractivity (Wildman–Crippen MR) is 134 cm³/mol. The van der Waals surface area contributed by atoms with Crippen molar-refractivity contribution < 1.29 is 28.4 Å². The summed E-state index contributed by atoms with van der Waals surface area (Å²) >= 11 is 0. The quantitative estimate of drug-likeness (QED) is 0.193. The maximum atomic E-state index is 13.2. The van der Waals surface area contributed by atoms with E-state index in [0.29, 0.717) is 28.4 Å². The minimum atomic E-state index is -4.70. The molecule has 9 heteroatoms. The van der Waals surface area contributed by atoms with Crippen LogP contribution in [0.4, 0.5) is 0 Å². The molecule has 0 amide bonds. The SMILES string of the molecule is NC(CO)(CCc1ccc2c(=O)c3cc(CCc4ccccc4)ccc3oc2c1)COP(=O)(O)O. The van der Waals surface area contributed by atoms with Crippen LogP contribution in [0, 0.1) is 0 Å². The van der Waals surface area contributed by atoms with Gasteiger partial charge >= 0.3 is 7.82 Å². The molecular weight excluding hydrogens is 469 g/mol. The van der Waals surface area contributed by atoms with Gasteiger partial charge in [-0.25, -0.2) is 4.57 Å². The van der Waals surface area contributed by atoms with Crippen molar-refractivity contribution in [3.05, 3.63) is 93.6 Å². The second-order valence-electron chi connectivity index (χ2n) is 8.86. The van der Waals surface area contributed by atoms with Gasteiger partial charge in [0.2, 0.25) is 5.43 Å². The third-order valence-electron chi connectivity index (χ3n) is 6.09. The molecule has 184 valence electrons. The summed E-state index contributed by atoms with van der Waals surface area (Å²) in [6.07, 6.45) is 2.29. The molecule has 1 heterocycles. The summed E-state index contributed by atoms with van der Waals surface area (Å²) in [5.74, 6) is 0. The van der Waals surface area contributed by atoms with Gasteiger partial charge in [0.05, 0.1) is 29.5 Å². The molecular formula is C26H28NO7P. The number of hydrogen-bond acceptors (Lipinski definition) is 6. The fraction of sp³-hybridized carbons (Fsp3) is 0.269. The Bertz CT molecular complexity index is 1430. The first kappa shape index (κ1) is 25.3. The smallest absolute Gasteiger partial charge is 0.456 e. The zero-order chi connectivity index (χ0) is 25.1. The first-order valence-electron chi connectivity index (χ1n) is 11.3. The highest BCUT2D eigenvalue weighted by atomic mass is 31.2. The average molecular weight is 497 g/mol. The van der Waals surface area contributed by atoms with Gasteiger partial charge in [-0.1, -0.05) is 42.5 Å². The van der Waals surface area contributed by atoms with Gasteiger partial charge in [-0.05, 0) is 66.6 Å². The van der Waals surface area contributed by atoms with Crippen LogP contribution in [-0.2, 0) is 28.4 Å². The Morgan fingerprint density at radius 1 is 0.857 bits per heavy atom. The number of rotatable bonds is 10. The van der Waals surface area contributed by atoms with Gasteiger partial charge in [-0.2, -0.15) is 0 Å². The van der Waals surface area contributed by atoms with Crippen LogP contribution in [0.1, 0.15) is 23.1 Å². The number of fused-ring (bicyclic) bond motifs is 2. The monoisotopic (exact) mass is 497 g/mol. The number of aliphatic hydroxyl groups excluding tert-OH is 1. The Balaban J connectivity index is 1.53. The van der Waals surface area contributed by atoms with Gasteiger partial charge in [0.1, 0.15) is 11.2 Å². The Morgan fingerprint density at radius 3 is 2.26 bits per heavy atom. The molecule has 4 aromatic rings. The molecule has 8 nitrogen and oxygen atoms in total. The lowest BCUT2D eigenvalue weighted by Gasteiger charge is -2.27. The molecule has 0 radical (unpaired) electrons. The fourth-order valence-corrected chi connectivity index (χ4v) is 4.42. The first-order valence-corrected chi connectivity index (χ1v) is 12.8. The lowest BCUT2D eigenvalue weighted by atomic mass is 9.93. The highest BCUT2D eigenvalue weighted by Crippen LogP contribution is 2.37. The summed E-state index contributed by atoms with van der Waals surface area (Å²) in [5, 5.41) is 10.6. The van der Waals surface area contributed by atoms with Gasteiger partial charge in [0.15, 0.2) is 0 Å². The lowest BCUT2D eigenvalue weighted by molar-refractivity contribution is 0.102. The predicted octanol–water partition coefficient (Wildman–Crippen LogP) is 3.46. The van der Waals surface area contributed by atoms with Crippen LogP contribution >= 0.6 is 7.82 Å². The van der Waals surface area contributed by atoms with E-state index in [1.807, 2.05) is 36.4 Å². The van der Waals surface area contributed by atoms with Crippen molar-refractivity contribution in [1.29, 1.82) is 0 Å². The molecule has 35 heavy (non-hydrogen) atoms. The number of nitrogens with two attached hydrogens (primary N) is 1. The molecule has 0 fully saturated rings. The van der Waals surface area contributed by atoms with Gasteiger partial charge in [-0.3, -0.25) is 9.32 Å².